The highest BCUT2D eigenvalue weighted by molar-refractivity contribution is 6.32. The maximum Gasteiger partial charge on any atom is 0.238 e. The lowest BCUT2D eigenvalue weighted by Crippen LogP contribution is -2.46. The lowest BCUT2D eigenvalue weighted by Gasteiger charge is -2.26. The van der Waals surface area contributed by atoms with Crippen molar-refractivity contribution in [2.24, 2.45) is 0 Å². The van der Waals surface area contributed by atoms with Crippen LogP contribution in [0.3, 0.4) is 0 Å². The monoisotopic (exact) mass is 505 g/mol. The molecule has 0 aliphatic carbocycles. The van der Waals surface area contributed by atoms with Crippen molar-refractivity contribution in [3.63, 3.8) is 0 Å². The summed E-state index contributed by atoms with van der Waals surface area (Å²) in [7, 11) is 1.59. The number of methoxy groups -OCH3 is 1. The zero-order chi connectivity index (χ0) is 25.1. The molecule has 10 heteroatoms. The van der Waals surface area contributed by atoms with Gasteiger partial charge in [0.2, 0.25) is 5.91 Å². The number of aryl methyl sites for hydroxylation is 1. The lowest BCUT2D eigenvalue weighted by molar-refractivity contribution is -0.117. The SMILES string of the molecule is COc1ccc(-c2cnc3c(Nc4ccc(NC(=O)CN5CCNCC5)c(C)c4)nccn23)cc1Cl. The molecule has 3 heterocycles. The lowest BCUT2D eigenvalue weighted by atomic mass is 10.1. The molecule has 5 rings (SSSR count). The zero-order valence-corrected chi connectivity index (χ0v) is 21.0. The van der Waals surface area contributed by atoms with Gasteiger partial charge >= 0.3 is 0 Å². The van der Waals surface area contributed by atoms with E-state index in [1.54, 1.807) is 19.5 Å². The Labute approximate surface area is 214 Å². The number of carbonyl (C=O) groups is 1. The number of aromatic nitrogens is 3. The van der Waals surface area contributed by atoms with Crippen LogP contribution in [0, 0.1) is 6.92 Å². The Hall–Kier alpha value is -3.66. The molecule has 36 heavy (non-hydrogen) atoms. The highest BCUT2D eigenvalue weighted by Gasteiger charge is 2.15. The molecule has 2 aromatic carbocycles. The largest absolute Gasteiger partial charge is 0.495 e. The normalized spacial score (nSPS) is 14.1. The minimum absolute atomic E-state index is 0.00399. The van der Waals surface area contributed by atoms with Gasteiger partial charge in [-0.3, -0.25) is 14.1 Å². The number of rotatable bonds is 7. The predicted octanol–water partition coefficient (Wildman–Crippen LogP) is 3.95. The van der Waals surface area contributed by atoms with Crippen LogP contribution in [0.5, 0.6) is 5.75 Å². The van der Waals surface area contributed by atoms with Gasteiger partial charge in [-0.25, -0.2) is 9.97 Å². The maximum atomic E-state index is 12.5. The van der Waals surface area contributed by atoms with E-state index in [0.717, 1.165) is 54.4 Å². The Balaban J connectivity index is 1.32. The number of fused-ring (bicyclic) bond motifs is 1. The molecular formula is C26H28ClN7O2. The molecular weight excluding hydrogens is 478 g/mol. The molecule has 0 radical (unpaired) electrons. The number of nitrogens with one attached hydrogen (secondary N) is 3. The summed E-state index contributed by atoms with van der Waals surface area (Å²) < 4.78 is 7.22. The third kappa shape index (κ3) is 5.13. The molecule has 186 valence electrons. The van der Waals surface area contributed by atoms with Crippen molar-refractivity contribution >= 4 is 40.3 Å². The van der Waals surface area contributed by atoms with Gasteiger partial charge in [0.05, 0.1) is 30.6 Å². The van der Waals surface area contributed by atoms with Crippen LogP contribution < -0.4 is 20.7 Å². The third-order valence-corrected chi connectivity index (χ3v) is 6.51. The first-order valence-electron chi connectivity index (χ1n) is 11.8. The van der Waals surface area contributed by atoms with Crippen LogP contribution in [0.1, 0.15) is 5.56 Å². The number of ether oxygens (including phenoxy) is 1. The number of nitrogens with zero attached hydrogens (tertiary/aromatic N) is 4. The van der Waals surface area contributed by atoms with E-state index < -0.39 is 0 Å². The minimum atomic E-state index is -0.00399. The molecule has 2 aromatic heterocycles. The summed E-state index contributed by atoms with van der Waals surface area (Å²) in [5.41, 5.74) is 5.10. The molecule has 4 aromatic rings. The topological polar surface area (TPSA) is 95.8 Å². The van der Waals surface area contributed by atoms with Crippen molar-refractivity contribution in [2.75, 3.05) is 50.5 Å². The van der Waals surface area contributed by atoms with Gasteiger partial charge in [-0.2, -0.15) is 0 Å². The fourth-order valence-electron chi connectivity index (χ4n) is 4.33. The first-order valence-corrected chi connectivity index (χ1v) is 12.2. The second-order valence-electron chi connectivity index (χ2n) is 8.69. The van der Waals surface area contributed by atoms with Crippen LogP contribution in [0.4, 0.5) is 17.2 Å². The standard InChI is InChI=1S/C26H28ClN7O2/c1-17-13-19(4-5-21(17)32-24(35)16-33-10-7-28-8-11-33)31-25-26-30-15-22(34(26)12-9-29-25)18-3-6-23(36-2)20(27)14-18/h3-6,9,12-15,28H,7-8,10-11,16H2,1-2H3,(H,29,31)(H,32,35). The molecule has 0 atom stereocenters. The number of carbonyl (C=O) groups excluding carboxylic acids is 1. The zero-order valence-electron chi connectivity index (χ0n) is 20.2. The molecule has 1 aliphatic heterocycles. The molecule has 0 spiro atoms. The molecule has 0 unspecified atom stereocenters. The van der Waals surface area contributed by atoms with Crippen LogP contribution in [0.15, 0.2) is 55.0 Å². The molecule has 1 fully saturated rings. The number of piperazine rings is 1. The van der Waals surface area contributed by atoms with E-state index in [1.807, 2.05) is 53.9 Å². The quantitative estimate of drug-likeness (QED) is 0.350. The number of imidazole rings is 1. The maximum absolute atomic E-state index is 12.5. The van der Waals surface area contributed by atoms with E-state index in [4.69, 9.17) is 16.3 Å². The average molecular weight is 506 g/mol. The van der Waals surface area contributed by atoms with Crippen molar-refractivity contribution in [1.82, 2.24) is 24.6 Å². The van der Waals surface area contributed by atoms with Gasteiger partial charge < -0.3 is 20.7 Å². The summed E-state index contributed by atoms with van der Waals surface area (Å²) in [5, 5.41) is 10.2. The van der Waals surface area contributed by atoms with Crippen LogP contribution in [0.2, 0.25) is 5.02 Å². The first-order chi connectivity index (χ1) is 17.5. The van der Waals surface area contributed by atoms with E-state index in [-0.39, 0.29) is 5.91 Å². The van der Waals surface area contributed by atoms with E-state index in [0.29, 0.717) is 28.8 Å². The fourth-order valence-corrected chi connectivity index (χ4v) is 4.58. The number of halogens is 1. The number of anilines is 3. The van der Waals surface area contributed by atoms with Crippen LogP contribution in [-0.2, 0) is 4.79 Å². The van der Waals surface area contributed by atoms with E-state index in [1.165, 1.54) is 0 Å². The van der Waals surface area contributed by atoms with Gasteiger partial charge in [-0.05, 0) is 48.9 Å². The van der Waals surface area contributed by atoms with Gasteiger partial charge in [0.25, 0.3) is 0 Å². The summed E-state index contributed by atoms with van der Waals surface area (Å²) in [5.74, 6) is 1.24. The van der Waals surface area contributed by atoms with Crippen molar-refractivity contribution in [3.8, 4) is 17.0 Å². The third-order valence-electron chi connectivity index (χ3n) is 6.22. The summed E-state index contributed by atoms with van der Waals surface area (Å²) >= 11 is 6.33. The summed E-state index contributed by atoms with van der Waals surface area (Å²) in [6, 6.07) is 11.5. The Bertz CT molecular complexity index is 1400. The smallest absolute Gasteiger partial charge is 0.238 e. The van der Waals surface area contributed by atoms with Gasteiger partial charge in [-0.15, -0.1) is 0 Å². The molecule has 0 saturated carbocycles. The fraction of sp³-hybridized carbons (Fsp3) is 0.269. The van der Waals surface area contributed by atoms with E-state index in [2.05, 4.69) is 30.8 Å². The first kappa shape index (κ1) is 24.1. The molecule has 3 N–H and O–H groups in total. The predicted molar refractivity (Wildman–Crippen MR) is 142 cm³/mol. The Morgan fingerprint density at radius 2 is 2.00 bits per heavy atom. The van der Waals surface area contributed by atoms with Crippen molar-refractivity contribution in [3.05, 3.63) is 65.6 Å². The van der Waals surface area contributed by atoms with Crippen molar-refractivity contribution in [1.29, 1.82) is 0 Å². The van der Waals surface area contributed by atoms with Gasteiger partial charge in [0.1, 0.15) is 5.75 Å². The Morgan fingerprint density at radius 1 is 1.17 bits per heavy atom. The van der Waals surface area contributed by atoms with Gasteiger partial charge in [0.15, 0.2) is 11.5 Å². The van der Waals surface area contributed by atoms with Crippen molar-refractivity contribution < 1.29 is 9.53 Å². The average Bonchev–Trinajstić information content (AvgIpc) is 3.31. The second-order valence-corrected chi connectivity index (χ2v) is 9.10. The summed E-state index contributed by atoms with van der Waals surface area (Å²) in [6.07, 6.45) is 5.38. The highest BCUT2D eigenvalue weighted by atomic mass is 35.5. The van der Waals surface area contributed by atoms with E-state index >= 15 is 0 Å². The molecule has 1 saturated heterocycles. The minimum Gasteiger partial charge on any atom is -0.495 e. The highest BCUT2D eigenvalue weighted by Crippen LogP contribution is 2.32. The van der Waals surface area contributed by atoms with Crippen molar-refractivity contribution in [2.45, 2.75) is 6.92 Å². The summed E-state index contributed by atoms with van der Waals surface area (Å²) in [4.78, 5) is 23.8. The molecule has 1 aliphatic rings. The van der Waals surface area contributed by atoms with Crippen LogP contribution in [-0.4, -0.2) is 65.0 Å². The molecule has 1 amide bonds. The Kier molecular flexibility index (Phi) is 7.04. The summed E-state index contributed by atoms with van der Waals surface area (Å²) in [6.45, 7) is 5.97. The molecule has 9 nitrogen and oxygen atoms in total. The van der Waals surface area contributed by atoms with Crippen LogP contribution >= 0.6 is 11.6 Å². The number of amides is 1. The van der Waals surface area contributed by atoms with Gasteiger partial charge in [-0.1, -0.05) is 11.6 Å². The Morgan fingerprint density at radius 3 is 2.75 bits per heavy atom. The number of benzene rings is 2. The van der Waals surface area contributed by atoms with E-state index in [9.17, 15) is 4.79 Å². The molecule has 0 bridgehead atoms. The number of hydrogen-bond acceptors (Lipinski definition) is 7. The number of hydrogen-bond donors (Lipinski definition) is 3. The van der Waals surface area contributed by atoms with Crippen LogP contribution in [0.25, 0.3) is 16.9 Å². The van der Waals surface area contributed by atoms with Gasteiger partial charge in [0, 0.05) is 55.5 Å². The second kappa shape index (κ2) is 10.5.